The number of carbonyl (C=O) groups is 1. The van der Waals surface area contributed by atoms with Crippen LogP contribution >= 0.6 is 0 Å². The molecule has 0 unspecified atom stereocenters. The molecule has 76 valence electrons. The summed E-state index contributed by atoms with van der Waals surface area (Å²) in [6, 6.07) is 6.86. The molecule has 0 amide bonds. The molecule has 0 N–H and O–H groups in total. The minimum Gasteiger partial charge on any atom is -0.361 e. The summed E-state index contributed by atoms with van der Waals surface area (Å²) in [7, 11) is 0. The number of rotatable bonds is 2. The van der Waals surface area contributed by atoms with Crippen molar-refractivity contribution >= 4 is 5.78 Å². The molecule has 1 heterocycles. The van der Waals surface area contributed by atoms with Crippen LogP contribution in [0.2, 0.25) is 0 Å². The lowest BCUT2D eigenvalue weighted by molar-refractivity contribution is 0.103. The summed E-state index contributed by atoms with van der Waals surface area (Å²) >= 11 is 0. The quantitative estimate of drug-likeness (QED) is 0.707. The van der Waals surface area contributed by atoms with E-state index in [1.54, 1.807) is 13.0 Å². The van der Waals surface area contributed by atoms with Crippen molar-refractivity contribution in [1.82, 2.24) is 5.16 Å². The van der Waals surface area contributed by atoms with Gasteiger partial charge in [0.1, 0.15) is 11.6 Å². The zero-order valence-electron chi connectivity index (χ0n) is 8.03. The Kier molecular flexibility index (Phi) is 2.33. The molecule has 0 bridgehead atoms. The van der Waals surface area contributed by atoms with Gasteiger partial charge in [-0.3, -0.25) is 4.79 Å². The molecule has 2 aromatic rings. The molecule has 0 fully saturated rings. The van der Waals surface area contributed by atoms with Crippen LogP contribution in [0.3, 0.4) is 0 Å². The van der Waals surface area contributed by atoms with E-state index in [9.17, 15) is 9.18 Å². The fourth-order valence-corrected chi connectivity index (χ4v) is 1.22. The standard InChI is InChI=1S/C11H8FNO2/c1-7-6-10(13-15-7)11(14)8-2-4-9(12)5-3-8/h2-6H,1H3. The predicted molar refractivity (Wildman–Crippen MR) is 51.1 cm³/mol. The molecule has 0 saturated heterocycles. The van der Waals surface area contributed by atoms with Crippen LogP contribution in [-0.4, -0.2) is 10.9 Å². The van der Waals surface area contributed by atoms with Crippen LogP contribution in [0.25, 0.3) is 0 Å². The lowest BCUT2D eigenvalue weighted by Crippen LogP contribution is -2.01. The highest BCUT2D eigenvalue weighted by atomic mass is 19.1. The van der Waals surface area contributed by atoms with Gasteiger partial charge in [-0.05, 0) is 31.2 Å². The molecule has 0 saturated carbocycles. The van der Waals surface area contributed by atoms with Gasteiger partial charge in [-0.2, -0.15) is 0 Å². The number of aryl methyl sites for hydroxylation is 1. The van der Waals surface area contributed by atoms with Crippen molar-refractivity contribution in [1.29, 1.82) is 0 Å². The van der Waals surface area contributed by atoms with Gasteiger partial charge in [-0.15, -0.1) is 0 Å². The molecule has 0 aliphatic rings. The number of carbonyl (C=O) groups excluding carboxylic acids is 1. The number of hydrogen-bond donors (Lipinski definition) is 0. The van der Waals surface area contributed by atoms with Crippen molar-refractivity contribution in [2.45, 2.75) is 6.92 Å². The topological polar surface area (TPSA) is 43.1 Å². The Morgan fingerprint density at radius 1 is 1.33 bits per heavy atom. The van der Waals surface area contributed by atoms with Crippen molar-refractivity contribution in [3.63, 3.8) is 0 Å². The third-order valence-corrected chi connectivity index (χ3v) is 1.97. The van der Waals surface area contributed by atoms with Gasteiger partial charge in [0.2, 0.25) is 5.78 Å². The Balaban J connectivity index is 2.32. The summed E-state index contributed by atoms with van der Waals surface area (Å²) in [5, 5.41) is 3.60. The lowest BCUT2D eigenvalue weighted by atomic mass is 10.1. The van der Waals surface area contributed by atoms with Gasteiger partial charge in [-0.25, -0.2) is 4.39 Å². The van der Waals surface area contributed by atoms with Crippen LogP contribution in [0, 0.1) is 12.7 Å². The van der Waals surface area contributed by atoms with Crippen LogP contribution in [0.4, 0.5) is 4.39 Å². The van der Waals surface area contributed by atoms with Crippen molar-refractivity contribution in [3.05, 3.63) is 53.2 Å². The molecule has 15 heavy (non-hydrogen) atoms. The van der Waals surface area contributed by atoms with E-state index in [4.69, 9.17) is 4.52 Å². The number of ketones is 1. The minimum atomic E-state index is -0.372. The Hall–Kier alpha value is -1.97. The van der Waals surface area contributed by atoms with Crippen LogP contribution in [0.15, 0.2) is 34.9 Å². The van der Waals surface area contributed by atoms with Gasteiger partial charge in [0.05, 0.1) is 0 Å². The molecule has 0 aliphatic heterocycles. The molecular weight excluding hydrogens is 197 g/mol. The van der Waals surface area contributed by atoms with Crippen LogP contribution < -0.4 is 0 Å². The number of halogens is 1. The van der Waals surface area contributed by atoms with E-state index in [-0.39, 0.29) is 17.3 Å². The SMILES string of the molecule is Cc1cc(C(=O)c2ccc(F)cc2)no1. The molecule has 0 spiro atoms. The summed E-state index contributed by atoms with van der Waals surface area (Å²) in [6.45, 7) is 1.70. The van der Waals surface area contributed by atoms with E-state index in [1.165, 1.54) is 24.3 Å². The number of hydrogen-bond acceptors (Lipinski definition) is 3. The van der Waals surface area contributed by atoms with Crippen molar-refractivity contribution in [3.8, 4) is 0 Å². The van der Waals surface area contributed by atoms with E-state index in [2.05, 4.69) is 5.16 Å². The van der Waals surface area contributed by atoms with E-state index < -0.39 is 0 Å². The summed E-state index contributed by atoms with van der Waals surface area (Å²) in [5.41, 5.74) is 0.629. The molecule has 4 heteroatoms. The first kappa shape index (κ1) is 9.58. The van der Waals surface area contributed by atoms with Crippen LogP contribution in [0.1, 0.15) is 21.8 Å². The van der Waals surface area contributed by atoms with Crippen molar-refractivity contribution in [2.75, 3.05) is 0 Å². The fourth-order valence-electron chi connectivity index (χ4n) is 1.22. The van der Waals surface area contributed by atoms with Gasteiger partial charge >= 0.3 is 0 Å². The van der Waals surface area contributed by atoms with E-state index in [0.717, 1.165) is 0 Å². The summed E-state index contributed by atoms with van der Waals surface area (Å²) in [4.78, 5) is 11.7. The molecule has 1 aromatic carbocycles. The van der Waals surface area contributed by atoms with Gasteiger partial charge in [0, 0.05) is 11.6 Å². The predicted octanol–water partition coefficient (Wildman–Crippen LogP) is 2.35. The average molecular weight is 205 g/mol. The molecule has 0 radical (unpaired) electrons. The van der Waals surface area contributed by atoms with E-state index in [1.807, 2.05) is 0 Å². The highest BCUT2D eigenvalue weighted by molar-refractivity contribution is 6.07. The molecule has 3 nitrogen and oxygen atoms in total. The monoisotopic (exact) mass is 205 g/mol. The number of aromatic nitrogens is 1. The maximum absolute atomic E-state index is 12.6. The second-order valence-electron chi connectivity index (χ2n) is 3.16. The second-order valence-corrected chi connectivity index (χ2v) is 3.16. The summed E-state index contributed by atoms with van der Waals surface area (Å²) < 4.78 is 17.4. The molecule has 0 atom stereocenters. The molecular formula is C11H8FNO2. The van der Waals surface area contributed by atoms with Crippen LogP contribution in [0.5, 0.6) is 0 Å². The summed E-state index contributed by atoms with van der Waals surface area (Å²) in [5.74, 6) is -0.0739. The Morgan fingerprint density at radius 3 is 2.53 bits per heavy atom. The largest absolute Gasteiger partial charge is 0.361 e. The zero-order chi connectivity index (χ0) is 10.8. The highest BCUT2D eigenvalue weighted by Crippen LogP contribution is 2.10. The van der Waals surface area contributed by atoms with E-state index in [0.29, 0.717) is 11.3 Å². The molecule has 2 rings (SSSR count). The fraction of sp³-hybridized carbons (Fsp3) is 0.0909. The third-order valence-electron chi connectivity index (χ3n) is 1.97. The van der Waals surface area contributed by atoms with E-state index >= 15 is 0 Å². The third kappa shape index (κ3) is 1.93. The Bertz CT molecular complexity index is 488. The van der Waals surface area contributed by atoms with Gasteiger partial charge < -0.3 is 4.52 Å². The van der Waals surface area contributed by atoms with Gasteiger partial charge in [-0.1, -0.05) is 5.16 Å². The van der Waals surface area contributed by atoms with Gasteiger partial charge in [0.25, 0.3) is 0 Å². The average Bonchev–Trinajstić information content (AvgIpc) is 2.65. The first-order chi connectivity index (χ1) is 7.16. The first-order valence-corrected chi connectivity index (χ1v) is 4.40. The normalized spacial score (nSPS) is 10.3. The maximum atomic E-state index is 12.6. The Labute approximate surface area is 85.5 Å². The smallest absolute Gasteiger partial charge is 0.214 e. The molecule has 1 aromatic heterocycles. The van der Waals surface area contributed by atoms with Gasteiger partial charge in [0.15, 0.2) is 5.69 Å². The maximum Gasteiger partial charge on any atom is 0.214 e. The zero-order valence-corrected chi connectivity index (χ0v) is 8.03. The van der Waals surface area contributed by atoms with Crippen molar-refractivity contribution in [2.24, 2.45) is 0 Å². The molecule has 0 aliphatic carbocycles. The summed E-state index contributed by atoms with van der Waals surface area (Å²) in [6.07, 6.45) is 0. The number of benzene rings is 1. The number of nitrogens with zero attached hydrogens (tertiary/aromatic N) is 1. The highest BCUT2D eigenvalue weighted by Gasteiger charge is 2.13. The van der Waals surface area contributed by atoms with Crippen LogP contribution in [-0.2, 0) is 0 Å². The minimum absolute atomic E-state index is 0.235. The van der Waals surface area contributed by atoms with Crippen molar-refractivity contribution < 1.29 is 13.7 Å². The Morgan fingerprint density at radius 2 is 2.00 bits per heavy atom. The first-order valence-electron chi connectivity index (χ1n) is 4.40. The lowest BCUT2D eigenvalue weighted by Gasteiger charge is -1.95. The second kappa shape index (κ2) is 3.65.